The number of amides is 2. The van der Waals surface area contributed by atoms with E-state index in [2.05, 4.69) is 15.4 Å². The van der Waals surface area contributed by atoms with E-state index in [1.165, 1.54) is 0 Å². The van der Waals surface area contributed by atoms with E-state index in [1.54, 1.807) is 17.1 Å². The van der Waals surface area contributed by atoms with Gasteiger partial charge in [0.15, 0.2) is 0 Å². The molecule has 0 aliphatic carbocycles. The van der Waals surface area contributed by atoms with Crippen molar-refractivity contribution in [3.63, 3.8) is 0 Å². The monoisotopic (exact) mass is 339 g/mol. The Kier molecular flexibility index (Phi) is 3.46. The standard InChI is InChI=1S/C16H13N5O2S/c1-20-7-11(6-18-20)8-21-9-17-12-4-10(2-3-13(12)21)5-14-15(22)19-16(23)24-14/h2-7,9H,8H2,1H3,(H,19,22,23)/b14-5-. The molecule has 1 aliphatic rings. The number of hydrogen-bond donors (Lipinski definition) is 1. The van der Waals surface area contributed by atoms with Crippen LogP contribution >= 0.6 is 11.8 Å². The quantitative estimate of drug-likeness (QED) is 0.739. The lowest BCUT2D eigenvalue weighted by Crippen LogP contribution is -2.17. The average molecular weight is 339 g/mol. The van der Waals surface area contributed by atoms with Crippen molar-refractivity contribution in [2.24, 2.45) is 7.05 Å². The predicted octanol–water partition coefficient (Wildman–Crippen LogP) is 2.14. The molecule has 1 fully saturated rings. The van der Waals surface area contributed by atoms with Gasteiger partial charge in [-0.1, -0.05) is 6.07 Å². The smallest absolute Gasteiger partial charge is 0.290 e. The average Bonchev–Trinajstić information content (AvgIpc) is 3.21. The Bertz CT molecular complexity index is 1000. The third kappa shape index (κ3) is 2.71. The Balaban J connectivity index is 1.64. The van der Waals surface area contributed by atoms with Crippen LogP contribution in [-0.4, -0.2) is 30.5 Å². The summed E-state index contributed by atoms with van der Waals surface area (Å²) in [5, 5.41) is 6.08. The summed E-state index contributed by atoms with van der Waals surface area (Å²) in [4.78, 5) is 27.6. The molecule has 0 spiro atoms. The maximum absolute atomic E-state index is 11.6. The van der Waals surface area contributed by atoms with Gasteiger partial charge in [-0.2, -0.15) is 5.10 Å². The highest BCUT2D eigenvalue weighted by atomic mass is 32.2. The van der Waals surface area contributed by atoms with Gasteiger partial charge in [0.25, 0.3) is 11.1 Å². The van der Waals surface area contributed by atoms with Gasteiger partial charge in [-0.05, 0) is 35.5 Å². The van der Waals surface area contributed by atoms with Crippen molar-refractivity contribution < 1.29 is 9.59 Å². The first kappa shape index (κ1) is 14.7. The van der Waals surface area contributed by atoms with E-state index in [4.69, 9.17) is 0 Å². The Morgan fingerprint density at radius 1 is 1.33 bits per heavy atom. The number of aryl methyl sites for hydroxylation is 1. The van der Waals surface area contributed by atoms with Crippen LogP contribution in [0.4, 0.5) is 4.79 Å². The molecule has 2 aromatic heterocycles. The highest BCUT2D eigenvalue weighted by molar-refractivity contribution is 8.18. The molecular formula is C16H13N5O2S. The number of rotatable bonds is 3. The van der Waals surface area contributed by atoms with Gasteiger partial charge >= 0.3 is 0 Å². The number of aromatic nitrogens is 4. The molecule has 3 aromatic rings. The maximum Gasteiger partial charge on any atom is 0.290 e. The fraction of sp³-hybridized carbons (Fsp3) is 0.125. The fourth-order valence-corrected chi connectivity index (χ4v) is 3.30. The van der Waals surface area contributed by atoms with Gasteiger partial charge in [-0.25, -0.2) is 4.98 Å². The second-order valence-corrected chi connectivity index (χ2v) is 6.51. The zero-order valence-electron chi connectivity index (χ0n) is 12.8. The lowest BCUT2D eigenvalue weighted by atomic mass is 10.2. The molecule has 1 aliphatic heterocycles. The minimum Gasteiger partial charge on any atom is -0.326 e. The maximum atomic E-state index is 11.6. The molecule has 0 atom stereocenters. The molecule has 0 saturated carbocycles. The summed E-state index contributed by atoms with van der Waals surface area (Å²) >= 11 is 0.910. The van der Waals surface area contributed by atoms with E-state index < -0.39 is 0 Å². The summed E-state index contributed by atoms with van der Waals surface area (Å²) in [7, 11) is 1.89. The van der Waals surface area contributed by atoms with Crippen molar-refractivity contribution >= 4 is 40.0 Å². The minimum atomic E-state index is -0.354. The van der Waals surface area contributed by atoms with E-state index in [9.17, 15) is 9.59 Å². The lowest BCUT2D eigenvalue weighted by Gasteiger charge is -2.02. The molecule has 2 amide bonds. The first-order chi connectivity index (χ1) is 11.6. The first-order valence-electron chi connectivity index (χ1n) is 7.26. The van der Waals surface area contributed by atoms with Crippen LogP contribution in [0.5, 0.6) is 0 Å². The molecule has 0 bridgehead atoms. The van der Waals surface area contributed by atoms with Crippen molar-refractivity contribution in [1.82, 2.24) is 24.6 Å². The highest BCUT2D eigenvalue weighted by Crippen LogP contribution is 2.26. The van der Waals surface area contributed by atoms with Gasteiger partial charge in [-0.3, -0.25) is 19.6 Å². The van der Waals surface area contributed by atoms with Crippen molar-refractivity contribution in [3.05, 3.63) is 53.0 Å². The topological polar surface area (TPSA) is 81.8 Å². The Hall–Kier alpha value is -2.87. The summed E-state index contributed by atoms with van der Waals surface area (Å²) in [6.07, 6.45) is 7.29. The fourth-order valence-electron chi connectivity index (χ4n) is 2.62. The highest BCUT2D eigenvalue weighted by Gasteiger charge is 2.24. The van der Waals surface area contributed by atoms with Crippen molar-refractivity contribution in [1.29, 1.82) is 0 Å². The van der Waals surface area contributed by atoms with Gasteiger partial charge in [0.1, 0.15) is 0 Å². The summed E-state index contributed by atoms with van der Waals surface area (Å²) in [6, 6.07) is 5.77. The molecule has 3 heterocycles. The van der Waals surface area contributed by atoms with Gasteiger partial charge < -0.3 is 4.57 Å². The van der Waals surface area contributed by atoms with Gasteiger partial charge in [0.05, 0.1) is 35.0 Å². The number of nitrogens with zero attached hydrogens (tertiary/aromatic N) is 4. The van der Waals surface area contributed by atoms with Crippen LogP contribution in [0.1, 0.15) is 11.1 Å². The van der Waals surface area contributed by atoms with Crippen LogP contribution in [0.2, 0.25) is 0 Å². The number of fused-ring (bicyclic) bond motifs is 1. The SMILES string of the molecule is Cn1cc(Cn2cnc3cc(/C=C4\SC(=O)NC4=O)ccc32)cn1. The Labute approximate surface area is 141 Å². The van der Waals surface area contributed by atoms with Crippen molar-refractivity contribution in [3.8, 4) is 0 Å². The zero-order valence-corrected chi connectivity index (χ0v) is 13.6. The third-order valence-electron chi connectivity index (χ3n) is 3.70. The molecule has 4 rings (SSSR count). The number of imide groups is 1. The second-order valence-electron chi connectivity index (χ2n) is 5.50. The molecular weight excluding hydrogens is 326 g/mol. The number of thioether (sulfide) groups is 1. The normalized spacial score (nSPS) is 16.3. The van der Waals surface area contributed by atoms with Gasteiger partial charge in [0, 0.05) is 18.8 Å². The second kappa shape index (κ2) is 5.64. The number of carbonyl (C=O) groups excluding carboxylic acids is 2. The van der Waals surface area contributed by atoms with E-state index >= 15 is 0 Å². The summed E-state index contributed by atoms with van der Waals surface area (Å²) in [6.45, 7) is 0.692. The van der Waals surface area contributed by atoms with E-state index in [0.29, 0.717) is 11.4 Å². The van der Waals surface area contributed by atoms with Gasteiger partial charge in [0.2, 0.25) is 0 Å². The predicted molar refractivity (Wildman–Crippen MR) is 91.1 cm³/mol. The van der Waals surface area contributed by atoms with Crippen LogP contribution in [-0.2, 0) is 18.4 Å². The molecule has 1 saturated heterocycles. The molecule has 1 aromatic carbocycles. The Morgan fingerprint density at radius 2 is 2.21 bits per heavy atom. The number of nitrogens with one attached hydrogen (secondary N) is 1. The lowest BCUT2D eigenvalue weighted by molar-refractivity contribution is -0.115. The number of benzene rings is 1. The number of imidazole rings is 1. The van der Waals surface area contributed by atoms with Crippen LogP contribution in [0.25, 0.3) is 17.1 Å². The van der Waals surface area contributed by atoms with E-state index in [0.717, 1.165) is 33.9 Å². The first-order valence-corrected chi connectivity index (χ1v) is 8.07. The van der Waals surface area contributed by atoms with Gasteiger partial charge in [-0.15, -0.1) is 0 Å². The molecule has 120 valence electrons. The number of hydrogen-bond acceptors (Lipinski definition) is 5. The molecule has 8 heteroatoms. The summed E-state index contributed by atoms with van der Waals surface area (Å²) in [5.41, 5.74) is 3.77. The Morgan fingerprint density at radius 3 is 2.92 bits per heavy atom. The van der Waals surface area contributed by atoms with E-state index in [1.807, 2.05) is 42.2 Å². The third-order valence-corrected chi connectivity index (χ3v) is 4.51. The largest absolute Gasteiger partial charge is 0.326 e. The summed E-state index contributed by atoms with van der Waals surface area (Å²) in [5.74, 6) is -0.354. The molecule has 7 nitrogen and oxygen atoms in total. The van der Waals surface area contributed by atoms with Crippen LogP contribution < -0.4 is 5.32 Å². The molecule has 0 unspecified atom stereocenters. The van der Waals surface area contributed by atoms with E-state index in [-0.39, 0.29) is 11.1 Å². The summed E-state index contributed by atoms with van der Waals surface area (Å²) < 4.78 is 3.81. The molecule has 24 heavy (non-hydrogen) atoms. The van der Waals surface area contributed by atoms with Crippen LogP contribution in [0.3, 0.4) is 0 Å². The zero-order chi connectivity index (χ0) is 16.7. The number of carbonyl (C=O) groups is 2. The molecule has 1 N–H and O–H groups in total. The van der Waals surface area contributed by atoms with Crippen molar-refractivity contribution in [2.45, 2.75) is 6.54 Å². The van der Waals surface area contributed by atoms with Crippen LogP contribution in [0, 0.1) is 0 Å². The molecule has 0 radical (unpaired) electrons. The van der Waals surface area contributed by atoms with Crippen LogP contribution in [0.15, 0.2) is 41.8 Å². The van der Waals surface area contributed by atoms with Crippen molar-refractivity contribution in [2.75, 3.05) is 0 Å². The minimum absolute atomic E-state index is 0.340.